The maximum absolute atomic E-state index is 6.74. The highest BCUT2D eigenvalue weighted by molar-refractivity contribution is 5.35. The van der Waals surface area contributed by atoms with Gasteiger partial charge in [-0.2, -0.15) is 0 Å². The normalized spacial score (nSPS) is 27.2. The summed E-state index contributed by atoms with van der Waals surface area (Å²) in [6.07, 6.45) is 0.184. The fourth-order valence-electron chi connectivity index (χ4n) is 4.77. The van der Waals surface area contributed by atoms with E-state index in [1.807, 2.05) is 12.1 Å². The zero-order chi connectivity index (χ0) is 19.0. The lowest BCUT2D eigenvalue weighted by Gasteiger charge is -2.35. The Morgan fingerprint density at radius 3 is 1.59 bits per heavy atom. The van der Waals surface area contributed by atoms with Crippen molar-refractivity contribution in [1.29, 1.82) is 0 Å². The molecule has 29 heavy (non-hydrogen) atoms. The van der Waals surface area contributed by atoms with Crippen LogP contribution in [-0.4, -0.2) is 36.8 Å². The molecular formula is C25H26INO2. The summed E-state index contributed by atoms with van der Waals surface area (Å²) in [6.45, 7) is 2.92. The molecule has 3 atom stereocenters. The average molecular weight is 499 g/mol. The van der Waals surface area contributed by atoms with Gasteiger partial charge in [0, 0.05) is 16.7 Å². The molecular weight excluding hydrogens is 473 g/mol. The number of benzene rings is 3. The van der Waals surface area contributed by atoms with Gasteiger partial charge in [-0.15, -0.1) is 0 Å². The van der Waals surface area contributed by atoms with Crippen LogP contribution < -0.4 is 24.0 Å². The van der Waals surface area contributed by atoms with E-state index >= 15 is 0 Å². The van der Waals surface area contributed by atoms with Gasteiger partial charge in [0.15, 0.2) is 0 Å². The molecule has 3 aromatic rings. The third kappa shape index (κ3) is 3.87. The molecule has 4 heteroatoms. The second-order valence-electron chi connectivity index (χ2n) is 8.29. The third-order valence-electron chi connectivity index (χ3n) is 6.01. The number of rotatable bonds is 4. The van der Waals surface area contributed by atoms with Crippen LogP contribution >= 0.6 is 0 Å². The topological polar surface area (TPSA) is 18.5 Å². The second kappa shape index (κ2) is 8.19. The van der Waals surface area contributed by atoms with Crippen LogP contribution in [0.2, 0.25) is 0 Å². The van der Waals surface area contributed by atoms with Crippen molar-refractivity contribution in [3.63, 3.8) is 0 Å². The molecule has 3 nitrogen and oxygen atoms in total. The second-order valence-corrected chi connectivity index (χ2v) is 8.29. The SMILES string of the molecule is C[N+]1(Cc2ccccc2)C[C@@H]2OC(c3ccccc3)(c3ccccc3)O[C@@H]2C1.[I-]. The number of likely N-dealkylation sites (tertiary alicyclic amines) is 1. The molecule has 0 radical (unpaired) electrons. The summed E-state index contributed by atoms with van der Waals surface area (Å²) in [5.41, 5.74) is 3.49. The van der Waals surface area contributed by atoms with E-state index in [4.69, 9.17) is 9.47 Å². The molecule has 2 saturated heterocycles. The van der Waals surface area contributed by atoms with Gasteiger partial charge in [-0.05, 0) is 0 Å². The van der Waals surface area contributed by atoms with E-state index in [-0.39, 0.29) is 36.2 Å². The summed E-state index contributed by atoms with van der Waals surface area (Å²) < 4.78 is 14.4. The Hall–Kier alpha value is -1.73. The number of halogens is 1. The summed E-state index contributed by atoms with van der Waals surface area (Å²) in [6, 6.07) is 31.4. The predicted octanol–water partition coefficient (Wildman–Crippen LogP) is 1.34. The Morgan fingerprint density at radius 2 is 1.14 bits per heavy atom. The Balaban J connectivity index is 0.00000205. The molecule has 5 rings (SSSR count). The van der Waals surface area contributed by atoms with Crippen LogP contribution in [0.3, 0.4) is 0 Å². The van der Waals surface area contributed by atoms with Gasteiger partial charge >= 0.3 is 0 Å². The van der Waals surface area contributed by atoms with Gasteiger partial charge in [-0.3, -0.25) is 0 Å². The molecule has 0 N–H and O–H groups in total. The summed E-state index contributed by atoms with van der Waals surface area (Å²) in [5, 5.41) is 0. The predicted molar refractivity (Wildman–Crippen MR) is 109 cm³/mol. The summed E-state index contributed by atoms with van der Waals surface area (Å²) in [4.78, 5) is 0. The molecule has 150 valence electrons. The fourth-order valence-corrected chi connectivity index (χ4v) is 4.77. The maximum Gasteiger partial charge on any atom is 0.223 e. The van der Waals surface area contributed by atoms with Crippen LogP contribution in [0.4, 0.5) is 0 Å². The lowest BCUT2D eigenvalue weighted by molar-refractivity contribution is -0.914. The van der Waals surface area contributed by atoms with Crippen molar-refractivity contribution in [3.05, 3.63) is 108 Å². The van der Waals surface area contributed by atoms with E-state index in [9.17, 15) is 0 Å². The van der Waals surface area contributed by atoms with Crippen molar-refractivity contribution in [2.45, 2.75) is 24.5 Å². The minimum Gasteiger partial charge on any atom is -1.00 e. The molecule has 0 spiro atoms. The molecule has 2 aliphatic heterocycles. The van der Waals surface area contributed by atoms with Crippen LogP contribution in [0.5, 0.6) is 0 Å². The van der Waals surface area contributed by atoms with E-state index < -0.39 is 5.79 Å². The fraction of sp³-hybridized carbons (Fsp3) is 0.280. The van der Waals surface area contributed by atoms with E-state index in [1.54, 1.807) is 0 Å². The van der Waals surface area contributed by atoms with Gasteiger partial charge in [0.2, 0.25) is 5.79 Å². The van der Waals surface area contributed by atoms with E-state index in [1.165, 1.54) is 5.56 Å². The lowest BCUT2D eigenvalue weighted by Crippen LogP contribution is -3.00. The molecule has 0 aliphatic carbocycles. The van der Waals surface area contributed by atoms with Gasteiger partial charge in [0.1, 0.15) is 31.8 Å². The van der Waals surface area contributed by atoms with Gasteiger partial charge in [0.25, 0.3) is 0 Å². The molecule has 2 aliphatic rings. The number of hydrogen-bond donors (Lipinski definition) is 0. The summed E-state index contributed by atoms with van der Waals surface area (Å²) >= 11 is 0. The van der Waals surface area contributed by atoms with Gasteiger partial charge in [-0.1, -0.05) is 91.0 Å². The molecule has 0 amide bonds. The zero-order valence-corrected chi connectivity index (χ0v) is 18.7. The number of ether oxygens (including phenoxy) is 2. The Labute approximate surface area is 189 Å². The molecule has 1 unspecified atom stereocenters. The number of likely N-dealkylation sites (N-methyl/N-ethyl adjacent to an activating group) is 1. The minimum absolute atomic E-state index is 0. The van der Waals surface area contributed by atoms with Gasteiger partial charge in [-0.25, -0.2) is 0 Å². The van der Waals surface area contributed by atoms with Crippen molar-refractivity contribution in [1.82, 2.24) is 0 Å². The summed E-state index contributed by atoms with van der Waals surface area (Å²) in [7, 11) is 2.31. The van der Waals surface area contributed by atoms with Crippen LogP contribution in [0.25, 0.3) is 0 Å². The van der Waals surface area contributed by atoms with E-state index in [2.05, 4.69) is 85.9 Å². The third-order valence-corrected chi connectivity index (χ3v) is 6.01. The first kappa shape index (κ1) is 20.5. The maximum atomic E-state index is 6.74. The molecule has 0 aromatic heterocycles. The number of hydrogen-bond acceptors (Lipinski definition) is 2. The molecule has 2 heterocycles. The molecule has 0 saturated carbocycles. The van der Waals surface area contributed by atoms with Crippen molar-refractivity contribution < 1.29 is 37.9 Å². The van der Waals surface area contributed by atoms with E-state index in [0.29, 0.717) is 0 Å². The number of nitrogens with zero attached hydrogens (tertiary/aromatic N) is 1. The quantitative estimate of drug-likeness (QED) is 0.399. The van der Waals surface area contributed by atoms with Crippen LogP contribution in [-0.2, 0) is 21.8 Å². The van der Waals surface area contributed by atoms with Crippen molar-refractivity contribution in [3.8, 4) is 0 Å². The Kier molecular flexibility index (Phi) is 5.80. The highest BCUT2D eigenvalue weighted by Crippen LogP contribution is 2.46. The molecule has 2 fully saturated rings. The lowest BCUT2D eigenvalue weighted by atomic mass is 9.97. The zero-order valence-electron chi connectivity index (χ0n) is 16.6. The van der Waals surface area contributed by atoms with Crippen LogP contribution in [0.15, 0.2) is 91.0 Å². The highest BCUT2D eigenvalue weighted by atomic mass is 127. The first-order valence-electron chi connectivity index (χ1n) is 10.0. The van der Waals surface area contributed by atoms with Crippen LogP contribution in [0, 0.1) is 0 Å². The number of fused-ring (bicyclic) bond motifs is 1. The van der Waals surface area contributed by atoms with Crippen molar-refractivity contribution in [2.24, 2.45) is 0 Å². The molecule has 3 aromatic carbocycles. The van der Waals surface area contributed by atoms with Crippen LogP contribution in [0.1, 0.15) is 16.7 Å². The average Bonchev–Trinajstić information content (AvgIpc) is 3.22. The number of quaternary nitrogens is 1. The first-order valence-corrected chi connectivity index (χ1v) is 10.0. The monoisotopic (exact) mass is 499 g/mol. The summed E-state index contributed by atoms with van der Waals surface area (Å²) in [5.74, 6) is -0.810. The largest absolute Gasteiger partial charge is 1.00 e. The standard InChI is InChI=1S/C25H26NO2.HI/c1-26(17-20-11-5-2-6-12-20)18-23-24(19-26)28-25(27-23,21-13-7-3-8-14-21)22-15-9-4-10-16-22;/h2-16,23-24H,17-19H2,1H3;1H/q+1;/p-1/t23-,24+,26?;. The minimum atomic E-state index is -0.810. The van der Waals surface area contributed by atoms with Gasteiger partial charge < -0.3 is 37.9 Å². The van der Waals surface area contributed by atoms with Gasteiger partial charge in [0.05, 0.1) is 7.05 Å². The Morgan fingerprint density at radius 1 is 0.724 bits per heavy atom. The highest BCUT2D eigenvalue weighted by Gasteiger charge is 2.57. The first-order chi connectivity index (χ1) is 13.7. The molecule has 0 bridgehead atoms. The van der Waals surface area contributed by atoms with Crippen molar-refractivity contribution in [2.75, 3.05) is 20.1 Å². The van der Waals surface area contributed by atoms with Crippen molar-refractivity contribution >= 4 is 0 Å². The smallest absolute Gasteiger partial charge is 0.223 e. The van der Waals surface area contributed by atoms with E-state index in [0.717, 1.165) is 35.2 Å². The Bertz CT molecular complexity index is 877.